The van der Waals surface area contributed by atoms with Crippen molar-refractivity contribution in [2.24, 2.45) is 0 Å². The van der Waals surface area contributed by atoms with Crippen molar-refractivity contribution in [1.29, 1.82) is 0 Å². The van der Waals surface area contributed by atoms with Crippen molar-refractivity contribution in [3.8, 4) is 0 Å². The first-order valence-electron chi connectivity index (χ1n) is 4.76. The second-order valence-corrected chi connectivity index (χ2v) is 4.39. The molecule has 0 bridgehead atoms. The van der Waals surface area contributed by atoms with Crippen molar-refractivity contribution in [3.05, 3.63) is 33.1 Å². The molecule has 0 N–H and O–H groups in total. The maximum absolute atomic E-state index is 13.0. The van der Waals surface area contributed by atoms with Crippen molar-refractivity contribution in [2.45, 2.75) is 19.8 Å². The third-order valence-corrected chi connectivity index (χ3v) is 2.45. The molecule has 82 valence electrons. The van der Waals surface area contributed by atoms with Gasteiger partial charge in [-0.25, -0.2) is 9.18 Å². The summed E-state index contributed by atoms with van der Waals surface area (Å²) in [6, 6.07) is 4.16. The summed E-state index contributed by atoms with van der Waals surface area (Å²) in [5, 5.41) is 0. The molecule has 2 nitrogen and oxygen atoms in total. The normalized spacial score (nSPS) is 10.1. The van der Waals surface area contributed by atoms with Crippen LogP contribution in [0.5, 0.6) is 0 Å². The van der Waals surface area contributed by atoms with Crippen LogP contribution < -0.4 is 0 Å². The second kappa shape index (κ2) is 6.05. The lowest BCUT2D eigenvalue weighted by Gasteiger charge is -2.04. The van der Waals surface area contributed by atoms with Gasteiger partial charge in [-0.15, -0.1) is 0 Å². The Bertz CT molecular complexity index is 332. The summed E-state index contributed by atoms with van der Waals surface area (Å²) in [6.45, 7) is 2.40. The maximum atomic E-state index is 13.0. The first-order chi connectivity index (χ1) is 7.13. The summed E-state index contributed by atoms with van der Waals surface area (Å²) in [4.78, 5) is 11.4. The summed E-state index contributed by atoms with van der Waals surface area (Å²) >= 11 is 1.96. The van der Waals surface area contributed by atoms with E-state index in [4.69, 9.17) is 4.74 Å². The summed E-state index contributed by atoms with van der Waals surface area (Å²) < 4.78 is 18.6. The number of hydrogen-bond acceptors (Lipinski definition) is 2. The number of rotatable bonds is 4. The van der Waals surface area contributed by atoms with E-state index < -0.39 is 11.8 Å². The van der Waals surface area contributed by atoms with Gasteiger partial charge >= 0.3 is 5.97 Å². The van der Waals surface area contributed by atoms with Crippen LogP contribution >= 0.6 is 22.6 Å². The van der Waals surface area contributed by atoms with Gasteiger partial charge in [0.15, 0.2) is 0 Å². The van der Waals surface area contributed by atoms with Gasteiger partial charge in [-0.05, 0) is 47.2 Å². The minimum Gasteiger partial charge on any atom is -0.462 e. The van der Waals surface area contributed by atoms with Crippen LogP contribution in [0.25, 0.3) is 0 Å². The number of ether oxygens (including phenoxy) is 1. The molecule has 0 saturated carbocycles. The molecule has 0 atom stereocenters. The lowest BCUT2D eigenvalue weighted by molar-refractivity contribution is 0.0499. The lowest BCUT2D eigenvalue weighted by Crippen LogP contribution is -2.07. The van der Waals surface area contributed by atoms with Crippen LogP contribution in [-0.2, 0) is 4.74 Å². The van der Waals surface area contributed by atoms with Crippen LogP contribution in [0.1, 0.15) is 30.1 Å². The number of esters is 1. The minimum atomic E-state index is -0.458. The van der Waals surface area contributed by atoms with Crippen LogP contribution in [0.2, 0.25) is 0 Å². The molecule has 1 rings (SSSR count). The predicted octanol–water partition coefficient (Wildman–Crippen LogP) is 3.39. The Hall–Kier alpha value is -0.650. The molecule has 0 aliphatic carbocycles. The lowest BCUT2D eigenvalue weighted by atomic mass is 10.2. The van der Waals surface area contributed by atoms with Gasteiger partial charge < -0.3 is 4.74 Å². The molecule has 1 aromatic carbocycles. The zero-order chi connectivity index (χ0) is 11.3. The predicted molar refractivity (Wildman–Crippen MR) is 64.3 cm³/mol. The quantitative estimate of drug-likeness (QED) is 0.483. The first-order valence-corrected chi connectivity index (χ1v) is 5.84. The van der Waals surface area contributed by atoms with E-state index in [0.29, 0.717) is 10.2 Å². The number of unbranched alkanes of at least 4 members (excludes halogenated alkanes) is 1. The standard InChI is InChI=1S/C11H12FIO2/c1-2-3-4-15-11(14)8-5-9(12)7-10(13)6-8/h5-7H,2-4H2,1H3. The van der Waals surface area contributed by atoms with Gasteiger partial charge in [0, 0.05) is 3.57 Å². The number of carbonyl (C=O) groups is 1. The van der Waals surface area contributed by atoms with Gasteiger partial charge in [-0.1, -0.05) is 13.3 Å². The topological polar surface area (TPSA) is 26.3 Å². The molecule has 0 amide bonds. The minimum absolute atomic E-state index is 0.274. The van der Waals surface area contributed by atoms with Crippen LogP contribution in [0.3, 0.4) is 0 Å². The average molecular weight is 322 g/mol. The summed E-state index contributed by atoms with van der Waals surface area (Å²) in [7, 11) is 0. The van der Waals surface area contributed by atoms with E-state index in [1.807, 2.05) is 29.5 Å². The number of hydrogen-bond donors (Lipinski definition) is 0. The van der Waals surface area contributed by atoms with Crippen LogP contribution in [0.4, 0.5) is 4.39 Å². The first kappa shape index (κ1) is 12.4. The fourth-order valence-corrected chi connectivity index (χ4v) is 1.70. The van der Waals surface area contributed by atoms with Gasteiger partial charge in [-0.3, -0.25) is 0 Å². The Morgan fingerprint density at radius 3 is 2.80 bits per heavy atom. The van der Waals surface area contributed by atoms with E-state index >= 15 is 0 Å². The van der Waals surface area contributed by atoms with E-state index in [1.165, 1.54) is 12.1 Å². The molecule has 0 aliphatic rings. The number of benzene rings is 1. The molecule has 0 spiro atoms. The van der Waals surface area contributed by atoms with Gasteiger partial charge in [0.05, 0.1) is 12.2 Å². The molecule has 0 fully saturated rings. The van der Waals surface area contributed by atoms with Gasteiger partial charge in [0.2, 0.25) is 0 Å². The monoisotopic (exact) mass is 322 g/mol. The molecule has 0 heterocycles. The van der Waals surface area contributed by atoms with Crippen molar-refractivity contribution >= 4 is 28.6 Å². The third-order valence-electron chi connectivity index (χ3n) is 1.83. The Balaban J connectivity index is 2.65. The second-order valence-electron chi connectivity index (χ2n) is 3.15. The molecule has 15 heavy (non-hydrogen) atoms. The largest absolute Gasteiger partial charge is 0.462 e. The van der Waals surface area contributed by atoms with Crippen molar-refractivity contribution in [1.82, 2.24) is 0 Å². The summed E-state index contributed by atoms with van der Waals surface area (Å²) in [5.41, 5.74) is 0.274. The van der Waals surface area contributed by atoms with Crippen LogP contribution in [-0.4, -0.2) is 12.6 Å². The summed E-state index contributed by atoms with van der Waals surface area (Å²) in [6.07, 6.45) is 1.80. The Labute approximate surface area is 102 Å². The fraction of sp³-hybridized carbons (Fsp3) is 0.364. The van der Waals surface area contributed by atoms with Gasteiger partial charge in [0.1, 0.15) is 5.82 Å². The fourth-order valence-electron chi connectivity index (χ4n) is 1.06. The summed E-state index contributed by atoms with van der Waals surface area (Å²) in [5.74, 6) is -0.870. The molecule has 0 aliphatic heterocycles. The van der Waals surface area contributed by atoms with Gasteiger partial charge in [0.25, 0.3) is 0 Å². The van der Waals surface area contributed by atoms with Crippen LogP contribution in [0.15, 0.2) is 18.2 Å². The van der Waals surface area contributed by atoms with E-state index in [9.17, 15) is 9.18 Å². The highest BCUT2D eigenvalue weighted by atomic mass is 127. The molecular formula is C11H12FIO2. The van der Waals surface area contributed by atoms with Crippen molar-refractivity contribution in [2.75, 3.05) is 6.61 Å². The Morgan fingerprint density at radius 1 is 1.47 bits per heavy atom. The SMILES string of the molecule is CCCCOC(=O)c1cc(F)cc(I)c1. The molecule has 0 saturated heterocycles. The Kier molecular flexibility index (Phi) is 5.01. The molecule has 0 radical (unpaired) electrons. The highest BCUT2D eigenvalue weighted by Crippen LogP contribution is 2.12. The third kappa shape index (κ3) is 4.15. The number of halogens is 2. The zero-order valence-corrected chi connectivity index (χ0v) is 10.6. The highest BCUT2D eigenvalue weighted by molar-refractivity contribution is 14.1. The van der Waals surface area contributed by atoms with Gasteiger partial charge in [-0.2, -0.15) is 0 Å². The number of carbonyl (C=O) groups excluding carboxylic acids is 1. The Morgan fingerprint density at radius 2 is 2.20 bits per heavy atom. The molecule has 0 aromatic heterocycles. The smallest absolute Gasteiger partial charge is 0.338 e. The molecule has 0 unspecified atom stereocenters. The molecule has 1 aromatic rings. The van der Waals surface area contributed by atoms with E-state index in [0.717, 1.165) is 12.8 Å². The van der Waals surface area contributed by atoms with E-state index in [1.54, 1.807) is 6.07 Å². The van der Waals surface area contributed by atoms with E-state index in [2.05, 4.69) is 0 Å². The molecular weight excluding hydrogens is 310 g/mol. The van der Waals surface area contributed by atoms with Crippen molar-refractivity contribution < 1.29 is 13.9 Å². The average Bonchev–Trinajstić information content (AvgIpc) is 2.16. The zero-order valence-electron chi connectivity index (χ0n) is 8.43. The van der Waals surface area contributed by atoms with E-state index in [-0.39, 0.29) is 5.56 Å². The van der Waals surface area contributed by atoms with Crippen LogP contribution in [0, 0.1) is 9.39 Å². The van der Waals surface area contributed by atoms with Crippen molar-refractivity contribution in [3.63, 3.8) is 0 Å². The maximum Gasteiger partial charge on any atom is 0.338 e. The molecule has 4 heteroatoms. The highest BCUT2D eigenvalue weighted by Gasteiger charge is 2.09.